The molecule has 6 heteroatoms. The van der Waals surface area contributed by atoms with E-state index in [0.29, 0.717) is 23.5 Å². The molecule has 6 nitrogen and oxygen atoms in total. The minimum absolute atomic E-state index is 0.182. The second kappa shape index (κ2) is 9.05. The fourth-order valence-corrected chi connectivity index (χ4v) is 2.24. The normalized spacial score (nSPS) is 23.6. The summed E-state index contributed by atoms with van der Waals surface area (Å²) in [7, 11) is 0. The highest BCUT2D eigenvalue weighted by molar-refractivity contribution is 6.46. The van der Waals surface area contributed by atoms with Crippen LogP contribution in [0.15, 0.2) is 94.7 Å². The zero-order valence-corrected chi connectivity index (χ0v) is 14.5. The van der Waals surface area contributed by atoms with E-state index in [4.69, 9.17) is 10.5 Å². The molecule has 1 aliphatic heterocycles. The monoisotopic (exact) mass is 358 g/mol. The summed E-state index contributed by atoms with van der Waals surface area (Å²) in [4.78, 5) is 24.0. The fourth-order valence-electron chi connectivity index (χ4n) is 2.24. The maximum atomic E-state index is 11.7. The number of fused-ring (bicyclic) bond motifs is 1. The van der Waals surface area contributed by atoms with Gasteiger partial charge in [0.2, 0.25) is 0 Å². The Balaban J connectivity index is 1.93. The lowest BCUT2D eigenvalue weighted by Crippen LogP contribution is -2.22. The van der Waals surface area contributed by atoms with Crippen molar-refractivity contribution in [2.75, 3.05) is 0 Å². The third-order valence-corrected chi connectivity index (χ3v) is 3.58. The molecule has 27 heavy (non-hydrogen) atoms. The van der Waals surface area contributed by atoms with Crippen LogP contribution in [0.3, 0.4) is 0 Å². The van der Waals surface area contributed by atoms with Crippen LogP contribution in [0.4, 0.5) is 0 Å². The van der Waals surface area contributed by atoms with Crippen molar-refractivity contribution in [3.05, 3.63) is 90.3 Å². The number of aliphatic imine (C=N–C) groups is 2. The lowest BCUT2D eigenvalue weighted by Gasteiger charge is -2.04. The SMILES string of the molecule is NC(=O)C1=N\C=C/N=C/C=C\C=C/C=C\C=C/c2cnccc2OC2=C1C2. The van der Waals surface area contributed by atoms with Crippen LogP contribution < -0.4 is 10.5 Å². The smallest absolute Gasteiger partial charge is 0.267 e. The Hall–Kier alpha value is -3.80. The number of rotatable bonds is 1. The molecule has 2 N–H and O–H groups in total. The molecule has 2 heterocycles. The summed E-state index contributed by atoms with van der Waals surface area (Å²) in [5.41, 5.74) is 7.15. The third kappa shape index (κ3) is 5.34. The topological polar surface area (TPSA) is 89.9 Å². The summed E-state index contributed by atoms with van der Waals surface area (Å²) >= 11 is 0. The number of carbonyl (C=O) groups is 1. The first-order valence-electron chi connectivity index (χ1n) is 8.32. The van der Waals surface area contributed by atoms with Crippen LogP contribution in [0.2, 0.25) is 0 Å². The Morgan fingerprint density at radius 1 is 1.04 bits per heavy atom. The summed E-state index contributed by atoms with van der Waals surface area (Å²) in [6.45, 7) is 0. The Kier molecular flexibility index (Phi) is 6.04. The summed E-state index contributed by atoms with van der Waals surface area (Å²) in [6.07, 6.45) is 23.5. The van der Waals surface area contributed by atoms with Gasteiger partial charge in [0.25, 0.3) is 5.91 Å². The van der Waals surface area contributed by atoms with Crippen LogP contribution in [0.25, 0.3) is 6.08 Å². The number of aromatic nitrogens is 1. The van der Waals surface area contributed by atoms with Gasteiger partial charge in [0.05, 0.1) is 0 Å². The van der Waals surface area contributed by atoms with Gasteiger partial charge >= 0.3 is 0 Å². The number of nitrogens with two attached hydrogens (primary N) is 1. The second-order valence-electron chi connectivity index (χ2n) is 5.55. The Morgan fingerprint density at radius 2 is 1.81 bits per heavy atom. The first kappa shape index (κ1) is 18.0. The minimum atomic E-state index is -0.604. The predicted octanol–water partition coefficient (Wildman–Crippen LogP) is 3.28. The van der Waals surface area contributed by atoms with E-state index in [1.807, 2.05) is 42.5 Å². The molecule has 1 aromatic rings. The fraction of sp³-hybridized carbons (Fsp3) is 0.0476. The number of hydrogen-bond acceptors (Lipinski definition) is 5. The molecule has 1 aromatic heterocycles. The van der Waals surface area contributed by atoms with Gasteiger partial charge < -0.3 is 10.5 Å². The third-order valence-electron chi connectivity index (χ3n) is 3.58. The first-order chi connectivity index (χ1) is 13.3. The van der Waals surface area contributed by atoms with Crippen molar-refractivity contribution in [2.45, 2.75) is 6.42 Å². The summed E-state index contributed by atoms with van der Waals surface area (Å²) in [5, 5.41) is 0. The quantitative estimate of drug-likeness (QED) is 0.835. The molecular formula is C21H18N4O2. The highest BCUT2D eigenvalue weighted by Gasteiger charge is 2.32. The van der Waals surface area contributed by atoms with E-state index >= 15 is 0 Å². The van der Waals surface area contributed by atoms with Crippen LogP contribution in [0.5, 0.6) is 5.75 Å². The van der Waals surface area contributed by atoms with Gasteiger partial charge in [0.15, 0.2) is 0 Å². The Morgan fingerprint density at radius 3 is 2.63 bits per heavy atom. The van der Waals surface area contributed by atoms with Crippen molar-refractivity contribution in [3.8, 4) is 5.75 Å². The summed E-state index contributed by atoms with van der Waals surface area (Å²) in [5.74, 6) is 0.720. The number of amides is 1. The van der Waals surface area contributed by atoms with Crippen molar-refractivity contribution in [3.63, 3.8) is 0 Å². The number of carbonyl (C=O) groups excluding carboxylic acids is 1. The molecule has 2 aliphatic rings. The molecule has 134 valence electrons. The van der Waals surface area contributed by atoms with Gasteiger partial charge in [-0.2, -0.15) is 0 Å². The molecule has 0 aromatic carbocycles. The Labute approximate surface area is 157 Å². The van der Waals surface area contributed by atoms with Gasteiger partial charge in [-0.25, -0.2) is 4.99 Å². The molecule has 1 amide bonds. The number of primary amides is 1. The summed E-state index contributed by atoms with van der Waals surface area (Å²) in [6, 6.07) is 1.77. The number of nitrogens with zero attached hydrogens (tertiary/aromatic N) is 3. The number of ether oxygens (including phenoxy) is 1. The van der Waals surface area contributed by atoms with Gasteiger partial charge in [0, 0.05) is 48.6 Å². The minimum Gasteiger partial charge on any atom is -0.460 e. The average Bonchev–Trinajstić information content (AvgIpc) is 3.41. The molecule has 3 rings (SSSR count). The largest absolute Gasteiger partial charge is 0.460 e. The molecular weight excluding hydrogens is 340 g/mol. The number of hydrogen-bond donors (Lipinski definition) is 1. The molecule has 0 saturated heterocycles. The van der Waals surface area contributed by atoms with Crippen LogP contribution in [0, 0.1) is 0 Å². The van der Waals surface area contributed by atoms with Crippen LogP contribution in [-0.4, -0.2) is 22.8 Å². The zero-order valence-electron chi connectivity index (χ0n) is 14.5. The van der Waals surface area contributed by atoms with Crippen molar-refractivity contribution >= 4 is 23.9 Å². The van der Waals surface area contributed by atoms with E-state index in [9.17, 15) is 4.79 Å². The summed E-state index contributed by atoms with van der Waals surface area (Å²) < 4.78 is 5.91. The van der Waals surface area contributed by atoms with E-state index in [2.05, 4.69) is 15.0 Å². The van der Waals surface area contributed by atoms with Crippen LogP contribution in [-0.2, 0) is 4.79 Å². The van der Waals surface area contributed by atoms with Gasteiger partial charge in [-0.05, 0) is 18.2 Å². The first-order valence-corrected chi connectivity index (χ1v) is 8.32. The van der Waals surface area contributed by atoms with Crippen LogP contribution >= 0.6 is 0 Å². The lowest BCUT2D eigenvalue weighted by atomic mass is 10.2. The van der Waals surface area contributed by atoms with Gasteiger partial charge in [-0.15, -0.1) is 0 Å². The molecule has 0 atom stereocenters. The second-order valence-corrected chi connectivity index (χ2v) is 5.55. The average molecular weight is 358 g/mol. The van der Waals surface area contributed by atoms with Gasteiger partial charge in [-0.1, -0.05) is 36.5 Å². The van der Waals surface area contributed by atoms with E-state index in [1.54, 1.807) is 30.8 Å². The van der Waals surface area contributed by atoms with Crippen molar-refractivity contribution in [2.24, 2.45) is 15.7 Å². The lowest BCUT2D eigenvalue weighted by molar-refractivity contribution is -0.111. The molecule has 1 aliphatic carbocycles. The van der Waals surface area contributed by atoms with E-state index in [0.717, 1.165) is 5.56 Å². The van der Waals surface area contributed by atoms with Gasteiger partial charge in [0.1, 0.15) is 17.2 Å². The van der Waals surface area contributed by atoms with E-state index < -0.39 is 5.91 Å². The molecule has 0 unspecified atom stereocenters. The Bertz CT molecular complexity index is 960. The highest BCUT2D eigenvalue weighted by Crippen LogP contribution is 2.35. The van der Waals surface area contributed by atoms with E-state index in [-0.39, 0.29) is 5.71 Å². The van der Waals surface area contributed by atoms with E-state index in [1.165, 1.54) is 12.4 Å². The van der Waals surface area contributed by atoms with Crippen molar-refractivity contribution in [1.82, 2.24) is 4.98 Å². The number of allylic oxidation sites excluding steroid dienone is 8. The van der Waals surface area contributed by atoms with Gasteiger partial charge in [-0.3, -0.25) is 14.8 Å². The standard InChI is InChI=1S/C21H18N4O2/c22-21(26)20-17-14-19(17)27-18-9-11-24-15-16(18)8-6-4-2-1-3-5-7-10-23-12-13-25-20/h1-13,15H,14H2,(H2,22,26)/b3-1-,4-2-,7-5-,8-6-,13-12-,23-10+,25-20?. The van der Waals surface area contributed by atoms with Crippen molar-refractivity contribution in [1.29, 1.82) is 0 Å². The number of pyridine rings is 1. The molecule has 0 bridgehead atoms. The maximum Gasteiger partial charge on any atom is 0.267 e. The van der Waals surface area contributed by atoms with Crippen LogP contribution in [0.1, 0.15) is 12.0 Å². The predicted molar refractivity (Wildman–Crippen MR) is 107 cm³/mol. The maximum absolute atomic E-state index is 11.7. The molecule has 0 radical (unpaired) electrons. The molecule has 0 spiro atoms. The zero-order chi connectivity index (χ0) is 18.9. The highest BCUT2D eigenvalue weighted by atomic mass is 16.5. The van der Waals surface area contributed by atoms with Crippen molar-refractivity contribution < 1.29 is 9.53 Å². The molecule has 0 fully saturated rings. The molecule has 0 saturated carbocycles.